The van der Waals surface area contributed by atoms with Crippen molar-refractivity contribution in [3.63, 3.8) is 0 Å². The van der Waals surface area contributed by atoms with Gasteiger partial charge in [-0.1, -0.05) is 34.8 Å². The third-order valence-electron chi connectivity index (χ3n) is 2.38. The molecule has 1 rings (SSSR count). The summed E-state index contributed by atoms with van der Waals surface area (Å²) in [5.41, 5.74) is 5.03. The summed E-state index contributed by atoms with van der Waals surface area (Å²) in [5.74, 6) is -1.88. The summed E-state index contributed by atoms with van der Waals surface area (Å²) in [4.78, 5) is 38.2. The number of nitrogen functional groups attached to an aromatic ring is 1. The average Bonchev–Trinajstić information content (AvgIpc) is 2.48. The summed E-state index contributed by atoms with van der Waals surface area (Å²) < 4.78 is 4.84. The number of aromatic nitrogens is 1. The molecule has 120 valence electrons. The van der Waals surface area contributed by atoms with Crippen LogP contribution in [0, 0.1) is 0 Å². The number of imide groups is 1. The van der Waals surface area contributed by atoms with Crippen molar-refractivity contribution in [2.45, 2.75) is 13.0 Å². The summed E-state index contributed by atoms with van der Waals surface area (Å²) in [5, 5.41) is 3.52. The van der Waals surface area contributed by atoms with Gasteiger partial charge < -0.3 is 15.8 Å². The van der Waals surface area contributed by atoms with Gasteiger partial charge in [0.1, 0.15) is 5.02 Å². The second kappa shape index (κ2) is 7.48. The van der Waals surface area contributed by atoms with E-state index in [2.05, 4.69) is 10.3 Å². The van der Waals surface area contributed by atoms with E-state index in [-0.39, 0.29) is 20.9 Å². The molecular formula is C11H11Cl3N4O4. The maximum absolute atomic E-state index is 11.9. The third-order valence-corrected chi connectivity index (χ3v) is 3.52. The van der Waals surface area contributed by atoms with E-state index in [9.17, 15) is 14.4 Å². The van der Waals surface area contributed by atoms with E-state index in [0.29, 0.717) is 0 Å². The summed E-state index contributed by atoms with van der Waals surface area (Å²) >= 11 is 17.3. The highest BCUT2D eigenvalue weighted by Crippen LogP contribution is 2.34. The molecule has 0 saturated heterocycles. The summed E-state index contributed by atoms with van der Waals surface area (Å²) in [6, 6.07) is -0.747. The molecule has 22 heavy (non-hydrogen) atoms. The number of pyridine rings is 1. The Labute approximate surface area is 140 Å². The van der Waals surface area contributed by atoms with Crippen molar-refractivity contribution in [2.75, 3.05) is 12.8 Å². The second-order valence-electron chi connectivity index (χ2n) is 3.91. The molecule has 1 atom stereocenters. The normalized spacial score (nSPS) is 11.5. The lowest BCUT2D eigenvalue weighted by Gasteiger charge is -2.14. The second-order valence-corrected chi connectivity index (χ2v) is 5.02. The first-order chi connectivity index (χ1) is 10.2. The molecule has 0 aliphatic heterocycles. The molecule has 0 unspecified atom stereocenters. The number of carbonyl (C=O) groups excluding carboxylic acids is 3. The first-order valence-corrected chi connectivity index (χ1v) is 6.85. The quantitative estimate of drug-likeness (QED) is 0.549. The van der Waals surface area contributed by atoms with E-state index in [0.717, 1.165) is 0 Å². The molecular weight excluding hydrogens is 359 g/mol. The summed E-state index contributed by atoms with van der Waals surface area (Å²) in [6.07, 6.45) is -1.28. The van der Waals surface area contributed by atoms with Crippen LogP contribution in [0.3, 0.4) is 0 Å². The Hall–Kier alpha value is -1.77. The number of rotatable bonds is 3. The fourth-order valence-corrected chi connectivity index (χ4v) is 1.80. The molecule has 0 aromatic carbocycles. The highest BCUT2D eigenvalue weighted by atomic mass is 35.5. The van der Waals surface area contributed by atoms with Crippen molar-refractivity contribution < 1.29 is 19.1 Å². The van der Waals surface area contributed by atoms with Crippen LogP contribution in [-0.4, -0.2) is 36.0 Å². The highest BCUT2D eigenvalue weighted by Gasteiger charge is 2.25. The number of carbonyl (C=O) groups is 3. The molecule has 4 N–H and O–H groups in total. The van der Waals surface area contributed by atoms with Crippen LogP contribution >= 0.6 is 34.8 Å². The zero-order valence-corrected chi connectivity index (χ0v) is 13.6. The number of nitrogens with one attached hydrogen (secondary N) is 2. The number of nitrogens with two attached hydrogens (primary N) is 1. The van der Waals surface area contributed by atoms with Gasteiger partial charge in [0.05, 0.1) is 10.7 Å². The van der Waals surface area contributed by atoms with E-state index in [1.54, 1.807) is 0 Å². The third kappa shape index (κ3) is 4.12. The predicted molar refractivity (Wildman–Crippen MR) is 81.2 cm³/mol. The van der Waals surface area contributed by atoms with Gasteiger partial charge in [-0.3, -0.25) is 10.1 Å². The van der Waals surface area contributed by atoms with Gasteiger partial charge in [-0.15, -0.1) is 0 Å². The van der Waals surface area contributed by atoms with Crippen LogP contribution < -0.4 is 16.4 Å². The van der Waals surface area contributed by atoms with Crippen molar-refractivity contribution in [3.8, 4) is 0 Å². The van der Waals surface area contributed by atoms with E-state index >= 15 is 0 Å². The standard InChI is InChI=1S/C11H11Cl3N4O4/c1-3(9(19)18-11(21)16-2)22-10(20)7-4(12)6(15)5(13)8(14)17-7/h3H,1-2H3,(H2,15,17)(H2,16,18,19,21)/t3-/m1/s1. The lowest BCUT2D eigenvalue weighted by Crippen LogP contribution is -2.43. The van der Waals surface area contributed by atoms with E-state index in [1.165, 1.54) is 14.0 Å². The molecule has 1 heterocycles. The van der Waals surface area contributed by atoms with E-state index < -0.39 is 29.7 Å². The Morgan fingerprint density at radius 2 is 1.82 bits per heavy atom. The molecule has 1 aromatic rings. The molecule has 1 aromatic heterocycles. The summed E-state index contributed by atoms with van der Waals surface area (Å²) in [7, 11) is 1.32. The van der Waals surface area contributed by atoms with Crippen LogP contribution in [0.5, 0.6) is 0 Å². The van der Waals surface area contributed by atoms with Crippen molar-refractivity contribution >= 4 is 58.4 Å². The monoisotopic (exact) mass is 368 g/mol. The smallest absolute Gasteiger partial charge is 0.359 e. The summed E-state index contributed by atoms with van der Waals surface area (Å²) in [6.45, 7) is 1.25. The molecule has 0 fully saturated rings. The molecule has 0 spiro atoms. The molecule has 0 radical (unpaired) electrons. The highest BCUT2D eigenvalue weighted by molar-refractivity contribution is 6.46. The number of nitrogens with zero attached hydrogens (tertiary/aromatic N) is 1. The maximum Gasteiger partial charge on any atom is 0.359 e. The Kier molecular flexibility index (Phi) is 6.21. The number of anilines is 1. The molecule has 0 bridgehead atoms. The van der Waals surface area contributed by atoms with Crippen molar-refractivity contribution in [3.05, 3.63) is 20.9 Å². The Balaban J connectivity index is 2.90. The predicted octanol–water partition coefficient (Wildman–Crippen LogP) is 1.62. The number of amides is 3. The first kappa shape index (κ1) is 18.3. The number of hydrogen-bond acceptors (Lipinski definition) is 6. The number of hydrogen-bond donors (Lipinski definition) is 3. The zero-order chi connectivity index (χ0) is 17.0. The minimum absolute atomic E-state index is 0.103. The van der Waals surface area contributed by atoms with Crippen molar-refractivity contribution in [1.82, 2.24) is 15.6 Å². The largest absolute Gasteiger partial charge is 0.448 e. The van der Waals surface area contributed by atoms with E-state index in [4.69, 9.17) is 45.3 Å². The molecule has 3 amide bonds. The van der Waals surface area contributed by atoms with Crippen molar-refractivity contribution in [2.24, 2.45) is 0 Å². The number of esters is 1. The first-order valence-electron chi connectivity index (χ1n) is 5.72. The number of halogens is 3. The Morgan fingerprint density at radius 1 is 1.23 bits per heavy atom. The van der Waals surface area contributed by atoms with Crippen molar-refractivity contribution in [1.29, 1.82) is 0 Å². The fourth-order valence-electron chi connectivity index (χ4n) is 1.21. The van der Waals surface area contributed by atoms with Gasteiger partial charge in [-0.25, -0.2) is 14.6 Å². The molecule has 0 aliphatic rings. The average molecular weight is 370 g/mol. The minimum atomic E-state index is -1.28. The molecule has 8 nitrogen and oxygen atoms in total. The van der Waals surface area contributed by atoms with Gasteiger partial charge in [0.15, 0.2) is 17.0 Å². The van der Waals surface area contributed by atoms with Crippen LogP contribution in [0.15, 0.2) is 0 Å². The number of urea groups is 1. The Morgan fingerprint density at radius 3 is 2.36 bits per heavy atom. The van der Waals surface area contributed by atoms with Gasteiger partial charge in [0.25, 0.3) is 5.91 Å². The van der Waals surface area contributed by atoms with Crippen LogP contribution in [0.25, 0.3) is 0 Å². The van der Waals surface area contributed by atoms with Crippen LogP contribution in [0.1, 0.15) is 17.4 Å². The topological polar surface area (TPSA) is 123 Å². The van der Waals surface area contributed by atoms with Gasteiger partial charge >= 0.3 is 12.0 Å². The van der Waals surface area contributed by atoms with Gasteiger partial charge in [-0.2, -0.15) is 0 Å². The van der Waals surface area contributed by atoms with Gasteiger partial charge in [0.2, 0.25) is 0 Å². The molecule has 0 aliphatic carbocycles. The fraction of sp³-hybridized carbons (Fsp3) is 0.273. The molecule has 0 saturated carbocycles. The lowest BCUT2D eigenvalue weighted by molar-refractivity contribution is -0.127. The SMILES string of the molecule is CNC(=O)NC(=O)[C@@H](C)OC(=O)c1nc(Cl)c(Cl)c(N)c1Cl. The van der Waals surface area contributed by atoms with Gasteiger partial charge in [-0.05, 0) is 6.92 Å². The van der Waals surface area contributed by atoms with E-state index in [1.807, 2.05) is 5.32 Å². The van der Waals surface area contributed by atoms with Gasteiger partial charge in [0, 0.05) is 7.05 Å². The minimum Gasteiger partial charge on any atom is -0.448 e. The maximum atomic E-state index is 11.9. The molecule has 11 heteroatoms. The lowest BCUT2D eigenvalue weighted by atomic mass is 10.3. The number of ether oxygens (including phenoxy) is 1. The van der Waals surface area contributed by atoms with Crippen LogP contribution in [-0.2, 0) is 9.53 Å². The zero-order valence-electron chi connectivity index (χ0n) is 11.4. The van der Waals surface area contributed by atoms with Crippen LogP contribution in [0.4, 0.5) is 10.5 Å². The Bertz CT molecular complexity index is 638. The van der Waals surface area contributed by atoms with Crippen LogP contribution in [0.2, 0.25) is 15.2 Å².